The van der Waals surface area contributed by atoms with Gasteiger partial charge in [-0.1, -0.05) is 11.2 Å². The molecule has 1 aromatic carbocycles. The highest BCUT2D eigenvalue weighted by Gasteiger charge is 2.17. The van der Waals surface area contributed by atoms with Crippen LogP contribution in [0.4, 0.5) is 5.69 Å². The molecule has 1 heterocycles. The molecule has 8 heteroatoms. The van der Waals surface area contributed by atoms with E-state index in [-0.39, 0.29) is 24.0 Å². The van der Waals surface area contributed by atoms with Crippen LogP contribution in [0.25, 0.3) is 11.5 Å². The highest BCUT2D eigenvalue weighted by atomic mass is 16.6. The zero-order chi connectivity index (χ0) is 14.0. The van der Waals surface area contributed by atoms with Crippen molar-refractivity contribution in [2.24, 2.45) is 5.73 Å². The van der Waals surface area contributed by atoms with Crippen molar-refractivity contribution in [3.8, 4) is 11.5 Å². The molecule has 2 aromatic rings. The summed E-state index contributed by atoms with van der Waals surface area (Å²) in [5, 5.41) is 23.4. The molecule has 0 fully saturated rings. The van der Waals surface area contributed by atoms with Gasteiger partial charge in [-0.3, -0.25) is 10.1 Å². The highest BCUT2D eigenvalue weighted by molar-refractivity contribution is 5.59. The molecule has 0 aliphatic carbocycles. The van der Waals surface area contributed by atoms with Crippen molar-refractivity contribution in [2.45, 2.75) is 13.0 Å². The van der Waals surface area contributed by atoms with Crippen LogP contribution in [0.5, 0.6) is 0 Å². The van der Waals surface area contributed by atoms with E-state index in [2.05, 4.69) is 10.1 Å². The van der Waals surface area contributed by atoms with Crippen molar-refractivity contribution in [2.75, 3.05) is 6.61 Å². The summed E-state index contributed by atoms with van der Waals surface area (Å²) >= 11 is 0. The molecule has 0 bridgehead atoms. The molecule has 0 aliphatic rings. The predicted octanol–water partition coefficient (Wildman–Crippen LogP) is 0.945. The van der Waals surface area contributed by atoms with Gasteiger partial charge >= 0.3 is 0 Å². The second-order valence-electron chi connectivity index (χ2n) is 4.01. The van der Waals surface area contributed by atoms with Crippen LogP contribution < -0.4 is 5.73 Å². The van der Waals surface area contributed by atoms with Crippen LogP contribution in [0, 0.1) is 17.0 Å². The number of hydrogen-bond donors (Lipinski definition) is 2. The number of nitro benzene ring substituents is 1. The van der Waals surface area contributed by atoms with Crippen LogP contribution in [-0.4, -0.2) is 26.8 Å². The quantitative estimate of drug-likeness (QED) is 0.621. The SMILES string of the molecule is Cc1ccc(-c2nc(C(N)CO)no2)cc1[N+](=O)[O-]. The first kappa shape index (κ1) is 13.1. The first-order valence-corrected chi connectivity index (χ1v) is 5.48. The van der Waals surface area contributed by atoms with E-state index < -0.39 is 11.0 Å². The van der Waals surface area contributed by atoms with Gasteiger partial charge in [-0.25, -0.2) is 0 Å². The number of benzene rings is 1. The van der Waals surface area contributed by atoms with Crippen molar-refractivity contribution in [1.29, 1.82) is 0 Å². The Kier molecular flexibility index (Phi) is 3.54. The van der Waals surface area contributed by atoms with Crippen molar-refractivity contribution < 1.29 is 14.6 Å². The highest BCUT2D eigenvalue weighted by Crippen LogP contribution is 2.26. The van der Waals surface area contributed by atoms with Crippen molar-refractivity contribution >= 4 is 5.69 Å². The summed E-state index contributed by atoms with van der Waals surface area (Å²) in [6.45, 7) is 1.33. The van der Waals surface area contributed by atoms with Gasteiger partial charge in [-0.2, -0.15) is 4.98 Å². The van der Waals surface area contributed by atoms with Crippen molar-refractivity contribution in [3.05, 3.63) is 39.7 Å². The van der Waals surface area contributed by atoms with Gasteiger partial charge in [0.05, 0.1) is 17.6 Å². The predicted molar refractivity (Wildman–Crippen MR) is 65.1 cm³/mol. The summed E-state index contributed by atoms with van der Waals surface area (Å²) in [6, 6.07) is 3.86. The molecule has 0 aliphatic heterocycles. The first-order valence-electron chi connectivity index (χ1n) is 5.48. The van der Waals surface area contributed by atoms with E-state index in [1.54, 1.807) is 19.1 Å². The second-order valence-corrected chi connectivity index (χ2v) is 4.01. The fraction of sp³-hybridized carbons (Fsp3) is 0.273. The average Bonchev–Trinajstić information content (AvgIpc) is 2.87. The molecule has 0 amide bonds. The van der Waals surface area contributed by atoms with E-state index in [1.165, 1.54) is 6.07 Å². The van der Waals surface area contributed by atoms with Crippen LogP contribution in [0.15, 0.2) is 22.7 Å². The number of nitrogens with zero attached hydrogens (tertiary/aromatic N) is 3. The molecular weight excluding hydrogens is 252 g/mol. The molecule has 19 heavy (non-hydrogen) atoms. The molecule has 0 spiro atoms. The summed E-state index contributed by atoms with van der Waals surface area (Å²) in [7, 11) is 0. The van der Waals surface area contributed by atoms with E-state index in [0.717, 1.165) is 0 Å². The molecule has 0 saturated heterocycles. The number of aliphatic hydroxyl groups is 1. The summed E-state index contributed by atoms with van der Waals surface area (Å²) in [5.74, 6) is 0.280. The molecule has 3 N–H and O–H groups in total. The van der Waals surface area contributed by atoms with Crippen LogP contribution in [0.3, 0.4) is 0 Å². The van der Waals surface area contributed by atoms with Gasteiger partial charge in [-0.15, -0.1) is 0 Å². The third-order valence-electron chi connectivity index (χ3n) is 2.62. The maximum absolute atomic E-state index is 10.9. The summed E-state index contributed by atoms with van der Waals surface area (Å²) < 4.78 is 4.97. The molecule has 1 aromatic heterocycles. The molecule has 0 radical (unpaired) electrons. The van der Waals surface area contributed by atoms with Gasteiger partial charge in [0.1, 0.15) is 0 Å². The third-order valence-corrected chi connectivity index (χ3v) is 2.62. The Labute approximate surface area is 108 Å². The van der Waals surface area contributed by atoms with Gasteiger partial charge in [0, 0.05) is 17.2 Å². The zero-order valence-electron chi connectivity index (χ0n) is 10.1. The molecule has 100 valence electrons. The Morgan fingerprint density at radius 3 is 2.95 bits per heavy atom. The fourth-order valence-electron chi connectivity index (χ4n) is 1.52. The molecule has 2 rings (SSSR count). The smallest absolute Gasteiger partial charge is 0.273 e. The van der Waals surface area contributed by atoms with Gasteiger partial charge < -0.3 is 15.4 Å². The Bertz CT molecular complexity index is 610. The molecule has 8 nitrogen and oxygen atoms in total. The minimum absolute atomic E-state index is 0.0243. The Hall–Kier alpha value is -2.32. The Morgan fingerprint density at radius 2 is 2.32 bits per heavy atom. The maximum Gasteiger partial charge on any atom is 0.273 e. The summed E-state index contributed by atoms with van der Waals surface area (Å²) in [5.41, 5.74) is 6.49. The standard InChI is InChI=1S/C11H12N4O4/c1-6-2-3-7(4-9(6)15(17)18)11-13-10(14-19-11)8(12)5-16/h2-4,8,16H,5,12H2,1H3. The van der Waals surface area contributed by atoms with Crippen molar-refractivity contribution in [3.63, 3.8) is 0 Å². The summed E-state index contributed by atoms with van der Waals surface area (Å²) in [4.78, 5) is 14.4. The third kappa shape index (κ3) is 2.59. The van der Waals surface area contributed by atoms with Gasteiger partial charge in [-0.05, 0) is 13.0 Å². The summed E-state index contributed by atoms with van der Waals surface area (Å²) in [6.07, 6.45) is 0. The number of nitro groups is 1. The number of hydrogen-bond acceptors (Lipinski definition) is 7. The van der Waals surface area contributed by atoms with Crippen LogP contribution in [-0.2, 0) is 0 Å². The fourth-order valence-corrected chi connectivity index (χ4v) is 1.52. The number of aliphatic hydroxyl groups excluding tert-OH is 1. The van der Waals surface area contributed by atoms with Crippen LogP contribution in [0.1, 0.15) is 17.4 Å². The van der Waals surface area contributed by atoms with Crippen molar-refractivity contribution in [1.82, 2.24) is 10.1 Å². The lowest BCUT2D eigenvalue weighted by atomic mass is 10.1. The van der Waals surface area contributed by atoms with E-state index in [9.17, 15) is 10.1 Å². The van der Waals surface area contributed by atoms with E-state index in [4.69, 9.17) is 15.4 Å². The topological polar surface area (TPSA) is 128 Å². The maximum atomic E-state index is 10.9. The molecule has 1 unspecified atom stereocenters. The Balaban J connectivity index is 2.39. The number of aryl methyl sites for hydroxylation is 1. The minimum atomic E-state index is -0.738. The number of rotatable bonds is 4. The normalized spacial score (nSPS) is 12.4. The number of nitrogens with two attached hydrogens (primary N) is 1. The van der Waals surface area contributed by atoms with Crippen LogP contribution in [0.2, 0.25) is 0 Å². The average molecular weight is 264 g/mol. The lowest BCUT2D eigenvalue weighted by molar-refractivity contribution is -0.385. The first-order chi connectivity index (χ1) is 9.02. The minimum Gasteiger partial charge on any atom is -0.394 e. The second kappa shape index (κ2) is 5.12. The zero-order valence-corrected chi connectivity index (χ0v) is 10.1. The van der Waals surface area contributed by atoms with Gasteiger partial charge in [0.2, 0.25) is 0 Å². The van der Waals surface area contributed by atoms with E-state index >= 15 is 0 Å². The number of aromatic nitrogens is 2. The Morgan fingerprint density at radius 1 is 1.58 bits per heavy atom. The largest absolute Gasteiger partial charge is 0.394 e. The molecular formula is C11H12N4O4. The molecule has 1 atom stereocenters. The van der Waals surface area contributed by atoms with Crippen LogP contribution >= 0.6 is 0 Å². The van der Waals surface area contributed by atoms with E-state index in [0.29, 0.717) is 11.1 Å². The monoisotopic (exact) mass is 264 g/mol. The van der Waals surface area contributed by atoms with Gasteiger partial charge in [0.25, 0.3) is 11.6 Å². The molecule has 0 saturated carbocycles. The lowest BCUT2D eigenvalue weighted by Crippen LogP contribution is -2.15. The van der Waals surface area contributed by atoms with Gasteiger partial charge in [0.15, 0.2) is 5.82 Å². The lowest BCUT2D eigenvalue weighted by Gasteiger charge is -1.99. The van der Waals surface area contributed by atoms with E-state index in [1.807, 2.05) is 0 Å².